The molecule has 2 aromatic rings. The second kappa shape index (κ2) is 3.61. The summed E-state index contributed by atoms with van der Waals surface area (Å²) < 4.78 is 1.95. The van der Waals surface area contributed by atoms with Crippen molar-refractivity contribution < 1.29 is 0 Å². The molecule has 0 atom stereocenters. The highest BCUT2D eigenvalue weighted by Crippen LogP contribution is 2.29. The first-order valence-corrected chi connectivity index (χ1v) is 5.65. The number of halogens is 1. The Balaban J connectivity index is 2.17. The van der Waals surface area contributed by atoms with Crippen molar-refractivity contribution in [3.63, 3.8) is 0 Å². The minimum absolute atomic E-state index is 0.753. The molecule has 0 saturated heterocycles. The number of aromatic nitrogens is 2. The highest BCUT2D eigenvalue weighted by Gasteiger charge is 2.21. The fraction of sp³-hybridized carbons (Fsp3) is 0.250. The summed E-state index contributed by atoms with van der Waals surface area (Å²) in [6.45, 7) is 1.80. The molecule has 16 heavy (non-hydrogen) atoms. The number of fused-ring (bicyclic) bond motifs is 1. The van der Waals surface area contributed by atoms with E-state index in [9.17, 15) is 0 Å². The molecule has 1 aromatic heterocycles. The van der Waals surface area contributed by atoms with Crippen LogP contribution in [0, 0.1) is 0 Å². The van der Waals surface area contributed by atoms with Gasteiger partial charge in [0.2, 0.25) is 0 Å². The summed E-state index contributed by atoms with van der Waals surface area (Å²) >= 11 is 6.00. The molecule has 1 aliphatic heterocycles. The molecule has 1 N–H and O–H groups in total. The monoisotopic (exact) mass is 233 g/mol. The second-order valence-corrected chi connectivity index (χ2v) is 4.45. The van der Waals surface area contributed by atoms with Crippen LogP contribution in [0.5, 0.6) is 0 Å². The number of benzene rings is 1. The zero-order valence-corrected chi connectivity index (χ0v) is 9.75. The van der Waals surface area contributed by atoms with Crippen LogP contribution in [0.1, 0.15) is 11.3 Å². The maximum atomic E-state index is 6.00. The molecule has 3 rings (SSSR count). The van der Waals surface area contributed by atoms with Gasteiger partial charge in [0.05, 0.1) is 11.4 Å². The van der Waals surface area contributed by atoms with Crippen molar-refractivity contribution >= 4 is 11.6 Å². The molecule has 0 aliphatic carbocycles. The molecule has 0 bridgehead atoms. The Kier molecular flexibility index (Phi) is 2.23. The van der Waals surface area contributed by atoms with Crippen LogP contribution in [0.15, 0.2) is 24.3 Å². The predicted molar refractivity (Wildman–Crippen MR) is 64.2 cm³/mol. The summed E-state index contributed by atoms with van der Waals surface area (Å²) in [5.41, 5.74) is 4.71. The minimum atomic E-state index is 0.753. The van der Waals surface area contributed by atoms with E-state index in [1.807, 2.05) is 36.0 Å². The van der Waals surface area contributed by atoms with Crippen molar-refractivity contribution in [2.75, 3.05) is 0 Å². The number of hydrogen-bond donors (Lipinski definition) is 1. The Labute approximate surface area is 99.0 Å². The van der Waals surface area contributed by atoms with Crippen LogP contribution in [0.25, 0.3) is 11.3 Å². The lowest BCUT2D eigenvalue weighted by molar-refractivity contribution is 0.671. The van der Waals surface area contributed by atoms with Gasteiger partial charge in [-0.3, -0.25) is 4.68 Å². The Hall–Kier alpha value is -1.32. The fourth-order valence-corrected chi connectivity index (χ4v) is 2.37. The first kappa shape index (κ1) is 9.87. The second-order valence-electron chi connectivity index (χ2n) is 4.01. The van der Waals surface area contributed by atoms with Crippen molar-refractivity contribution in [3.05, 3.63) is 40.5 Å². The molecule has 82 valence electrons. The third kappa shape index (κ3) is 1.44. The Bertz CT molecular complexity index is 545. The summed E-state index contributed by atoms with van der Waals surface area (Å²) in [6, 6.07) is 7.85. The van der Waals surface area contributed by atoms with Gasteiger partial charge in [-0.15, -0.1) is 0 Å². The molecule has 0 spiro atoms. The van der Waals surface area contributed by atoms with Crippen LogP contribution in [0.3, 0.4) is 0 Å². The molecule has 0 fully saturated rings. The van der Waals surface area contributed by atoms with Crippen molar-refractivity contribution in [1.82, 2.24) is 15.1 Å². The molecular weight excluding hydrogens is 222 g/mol. The number of hydrogen-bond acceptors (Lipinski definition) is 2. The standard InChI is InChI=1S/C12H12ClN3/c1-16-11-7-14-6-10(11)12(15-16)8-3-2-4-9(13)5-8/h2-5,14H,6-7H2,1H3. The topological polar surface area (TPSA) is 29.9 Å². The molecule has 3 nitrogen and oxygen atoms in total. The maximum Gasteiger partial charge on any atom is 0.0971 e. The van der Waals surface area contributed by atoms with Crippen molar-refractivity contribution in [3.8, 4) is 11.3 Å². The van der Waals surface area contributed by atoms with E-state index in [2.05, 4.69) is 10.4 Å². The van der Waals surface area contributed by atoms with E-state index in [4.69, 9.17) is 11.6 Å². The summed E-state index contributed by atoms with van der Waals surface area (Å²) in [6.07, 6.45) is 0. The zero-order valence-electron chi connectivity index (χ0n) is 9.00. The number of aryl methyl sites for hydroxylation is 1. The van der Waals surface area contributed by atoms with Crippen LogP contribution in [-0.4, -0.2) is 9.78 Å². The van der Waals surface area contributed by atoms with Gasteiger partial charge >= 0.3 is 0 Å². The molecule has 0 unspecified atom stereocenters. The Morgan fingerprint density at radius 3 is 3.06 bits per heavy atom. The Morgan fingerprint density at radius 1 is 1.38 bits per heavy atom. The Morgan fingerprint density at radius 2 is 2.25 bits per heavy atom. The van der Waals surface area contributed by atoms with Gasteiger partial charge in [0, 0.05) is 36.3 Å². The van der Waals surface area contributed by atoms with E-state index >= 15 is 0 Å². The largest absolute Gasteiger partial charge is 0.307 e. The van der Waals surface area contributed by atoms with Crippen molar-refractivity contribution in [2.45, 2.75) is 13.1 Å². The van der Waals surface area contributed by atoms with Crippen LogP contribution >= 0.6 is 11.6 Å². The molecular formula is C12H12ClN3. The average Bonchev–Trinajstić information content (AvgIpc) is 2.83. The third-order valence-electron chi connectivity index (χ3n) is 2.97. The predicted octanol–water partition coefficient (Wildman–Crippen LogP) is 2.34. The lowest BCUT2D eigenvalue weighted by Gasteiger charge is -2.00. The van der Waals surface area contributed by atoms with E-state index in [0.717, 1.165) is 29.4 Å². The fourth-order valence-electron chi connectivity index (χ4n) is 2.18. The van der Waals surface area contributed by atoms with E-state index in [0.29, 0.717) is 0 Å². The maximum absolute atomic E-state index is 6.00. The zero-order chi connectivity index (χ0) is 11.1. The van der Waals surface area contributed by atoms with Gasteiger partial charge in [-0.2, -0.15) is 5.10 Å². The summed E-state index contributed by atoms with van der Waals surface area (Å²) in [4.78, 5) is 0. The van der Waals surface area contributed by atoms with Crippen molar-refractivity contribution in [1.29, 1.82) is 0 Å². The van der Waals surface area contributed by atoms with Gasteiger partial charge in [0.15, 0.2) is 0 Å². The third-order valence-corrected chi connectivity index (χ3v) is 3.20. The number of rotatable bonds is 1. The summed E-state index contributed by atoms with van der Waals surface area (Å²) in [5.74, 6) is 0. The van der Waals surface area contributed by atoms with Gasteiger partial charge in [-0.05, 0) is 12.1 Å². The summed E-state index contributed by atoms with van der Waals surface area (Å²) in [5, 5.41) is 8.65. The minimum Gasteiger partial charge on any atom is -0.307 e. The van der Waals surface area contributed by atoms with Crippen LogP contribution < -0.4 is 5.32 Å². The molecule has 1 aliphatic rings. The smallest absolute Gasteiger partial charge is 0.0971 e. The molecule has 0 saturated carbocycles. The average molecular weight is 234 g/mol. The van der Waals surface area contributed by atoms with E-state index in [-0.39, 0.29) is 0 Å². The first-order valence-electron chi connectivity index (χ1n) is 5.27. The normalized spacial score (nSPS) is 14.1. The van der Waals surface area contributed by atoms with Gasteiger partial charge in [-0.1, -0.05) is 23.7 Å². The van der Waals surface area contributed by atoms with Crippen LogP contribution in [0.2, 0.25) is 5.02 Å². The van der Waals surface area contributed by atoms with Gasteiger partial charge < -0.3 is 5.32 Å². The lowest BCUT2D eigenvalue weighted by Crippen LogP contribution is -2.06. The first-order chi connectivity index (χ1) is 7.75. The quantitative estimate of drug-likeness (QED) is 0.820. The molecule has 0 radical (unpaired) electrons. The molecule has 2 heterocycles. The van der Waals surface area contributed by atoms with Gasteiger partial charge in [0.25, 0.3) is 0 Å². The van der Waals surface area contributed by atoms with Crippen LogP contribution in [-0.2, 0) is 20.1 Å². The molecule has 4 heteroatoms. The lowest BCUT2D eigenvalue weighted by atomic mass is 10.1. The highest BCUT2D eigenvalue weighted by atomic mass is 35.5. The van der Waals surface area contributed by atoms with Crippen LogP contribution in [0.4, 0.5) is 0 Å². The summed E-state index contributed by atoms with van der Waals surface area (Å²) in [7, 11) is 1.99. The molecule has 1 aromatic carbocycles. The molecule has 0 amide bonds. The van der Waals surface area contributed by atoms with Crippen molar-refractivity contribution in [2.24, 2.45) is 7.05 Å². The number of nitrogens with zero attached hydrogens (tertiary/aromatic N) is 2. The van der Waals surface area contributed by atoms with E-state index < -0.39 is 0 Å². The van der Waals surface area contributed by atoms with E-state index in [1.165, 1.54) is 11.3 Å². The highest BCUT2D eigenvalue weighted by molar-refractivity contribution is 6.30. The van der Waals surface area contributed by atoms with Gasteiger partial charge in [-0.25, -0.2) is 0 Å². The SMILES string of the molecule is Cn1nc(-c2cccc(Cl)c2)c2c1CNC2. The number of nitrogens with one attached hydrogen (secondary N) is 1. The van der Waals surface area contributed by atoms with Gasteiger partial charge in [0.1, 0.15) is 0 Å². The van der Waals surface area contributed by atoms with E-state index in [1.54, 1.807) is 0 Å².